The van der Waals surface area contributed by atoms with Crippen molar-refractivity contribution in [2.45, 2.75) is 32.3 Å². The third-order valence-electron chi connectivity index (χ3n) is 4.83. The van der Waals surface area contributed by atoms with Crippen LogP contribution in [0.4, 0.5) is 0 Å². The molecule has 3 atom stereocenters. The second-order valence-corrected chi connectivity index (χ2v) is 6.51. The molecule has 0 aromatic rings. The van der Waals surface area contributed by atoms with Crippen molar-refractivity contribution >= 4 is 0 Å². The van der Waals surface area contributed by atoms with E-state index < -0.39 is 0 Å². The molecule has 100 valence electrons. The summed E-state index contributed by atoms with van der Waals surface area (Å²) in [7, 11) is 6.35. The Hall–Kier alpha value is -0.120. The smallest absolute Gasteiger partial charge is 0.0701 e. The minimum Gasteiger partial charge on any atom is -0.380 e. The quantitative estimate of drug-likeness (QED) is 0.730. The average molecular weight is 240 g/mol. The van der Waals surface area contributed by atoms with E-state index in [1.165, 1.54) is 38.9 Å². The molecule has 0 N–H and O–H groups in total. The Kier molecular flexibility index (Phi) is 4.11. The van der Waals surface area contributed by atoms with Gasteiger partial charge in [0.05, 0.1) is 6.10 Å². The van der Waals surface area contributed by atoms with Gasteiger partial charge >= 0.3 is 0 Å². The molecule has 0 radical (unpaired) electrons. The number of piperidine rings is 2. The SMILES string of the molecule is COC1CC(C2(C)CCCN(C)C2)CN(C)C1. The van der Waals surface area contributed by atoms with Crippen LogP contribution < -0.4 is 0 Å². The van der Waals surface area contributed by atoms with Crippen LogP contribution in [0.25, 0.3) is 0 Å². The monoisotopic (exact) mass is 240 g/mol. The number of methoxy groups -OCH3 is 1. The Labute approximate surface area is 106 Å². The van der Waals surface area contributed by atoms with Gasteiger partial charge in [0, 0.05) is 26.7 Å². The normalized spacial score (nSPS) is 41.6. The van der Waals surface area contributed by atoms with Gasteiger partial charge in [0.15, 0.2) is 0 Å². The van der Waals surface area contributed by atoms with Crippen molar-refractivity contribution in [3.63, 3.8) is 0 Å². The Bertz CT molecular complexity index is 259. The van der Waals surface area contributed by atoms with Gasteiger partial charge in [-0.25, -0.2) is 0 Å². The van der Waals surface area contributed by atoms with Crippen molar-refractivity contribution in [3.8, 4) is 0 Å². The lowest BCUT2D eigenvalue weighted by molar-refractivity contribution is -0.0392. The highest BCUT2D eigenvalue weighted by atomic mass is 16.5. The molecule has 0 saturated carbocycles. The molecular weight excluding hydrogens is 212 g/mol. The van der Waals surface area contributed by atoms with Crippen LogP contribution in [0.15, 0.2) is 0 Å². The highest BCUT2D eigenvalue weighted by Gasteiger charge is 2.40. The molecular formula is C14H28N2O. The summed E-state index contributed by atoms with van der Waals surface area (Å²) in [6, 6.07) is 0. The first-order valence-electron chi connectivity index (χ1n) is 6.93. The zero-order valence-electron chi connectivity index (χ0n) is 11.9. The molecule has 2 fully saturated rings. The van der Waals surface area contributed by atoms with E-state index in [2.05, 4.69) is 30.8 Å². The predicted molar refractivity (Wildman–Crippen MR) is 71.2 cm³/mol. The summed E-state index contributed by atoms with van der Waals surface area (Å²) in [5.74, 6) is 0.786. The lowest BCUT2D eigenvalue weighted by atomic mass is 9.68. The van der Waals surface area contributed by atoms with Crippen LogP contribution in [0.1, 0.15) is 26.2 Å². The van der Waals surface area contributed by atoms with Crippen molar-refractivity contribution in [3.05, 3.63) is 0 Å². The van der Waals surface area contributed by atoms with E-state index in [9.17, 15) is 0 Å². The van der Waals surface area contributed by atoms with Gasteiger partial charge in [0.2, 0.25) is 0 Å². The molecule has 2 rings (SSSR count). The lowest BCUT2D eigenvalue weighted by Crippen LogP contribution is -2.52. The average Bonchev–Trinajstić information content (AvgIpc) is 2.28. The molecule has 0 spiro atoms. The van der Waals surface area contributed by atoms with E-state index in [1.807, 2.05) is 7.11 Å². The van der Waals surface area contributed by atoms with Gasteiger partial charge in [-0.1, -0.05) is 6.92 Å². The Morgan fingerprint density at radius 3 is 2.59 bits per heavy atom. The molecule has 0 aromatic heterocycles. The summed E-state index contributed by atoms with van der Waals surface area (Å²) >= 11 is 0. The number of likely N-dealkylation sites (N-methyl/N-ethyl adjacent to an activating group) is 1. The van der Waals surface area contributed by atoms with Gasteiger partial charge in [-0.2, -0.15) is 0 Å². The second kappa shape index (κ2) is 5.25. The highest BCUT2D eigenvalue weighted by Crippen LogP contribution is 2.41. The van der Waals surface area contributed by atoms with Gasteiger partial charge in [-0.3, -0.25) is 0 Å². The molecule has 0 bridgehead atoms. The van der Waals surface area contributed by atoms with Crippen LogP contribution in [0.3, 0.4) is 0 Å². The van der Waals surface area contributed by atoms with Crippen LogP contribution in [0.2, 0.25) is 0 Å². The van der Waals surface area contributed by atoms with Crippen LogP contribution in [0.5, 0.6) is 0 Å². The Morgan fingerprint density at radius 1 is 1.18 bits per heavy atom. The van der Waals surface area contributed by atoms with E-state index in [0.717, 1.165) is 12.5 Å². The van der Waals surface area contributed by atoms with Crippen LogP contribution in [-0.2, 0) is 4.74 Å². The molecule has 3 heteroatoms. The minimum atomic E-state index is 0.433. The fraction of sp³-hybridized carbons (Fsp3) is 1.00. The van der Waals surface area contributed by atoms with E-state index in [-0.39, 0.29) is 0 Å². The molecule has 3 nitrogen and oxygen atoms in total. The standard InChI is InChI=1S/C14H28N2O/c1-14(6-5-7-15(2)11-14)12-8-13(17-4)10-16(3)9-12/h12-13H,5-11H2,1-4H3. The number of hydrogen-bond acceptors (Lipinski definition) is 3. The van der Waals surface area contributed by atoms with Crippen molar-refractivity contribution in [2.75, 3.05) is 47.4 Å². The maximum Gasteiger partial charge on any atom is 0.0701 e. The van der Waals surface area contributed by atoms with E-state index in [0.29, 0.717) is 11.5 Å². The molecule has 2 saturated heterocycles. The molecule has 0 aliphatic carbocycles. The van der Waals surface area contributed by atoms with E-state index >= 15 is 0 Å². The first-order chi connectivity index (χ1) is 8.03. The van der Waals surface area contributed by atoms with Crippen LogP contribution in [0, 0.1) is 11.3 Å². The van der Waals surface area contributed by atoms with Gasteiger partial charge < -0.3 is 14.5 Å². The van der Waals surface area contributed by atoms with Crippen molar-refractivity contribution < 1.29 is 4.74 Å². The lowest BCUT2D eigenvalue weighted by Gasteiger charge is -2.48. The molecule has 3 unspecified atom stereocenters. The van der Waals surface area contributed by atoms with Crippen molar-refractivity contribution in [1.82, 2.24) is 9.80 Å². The zero-order valence-corrected chi connectivity index (χ0v) is 11.9. The first kappa shape index (κ1) is 13.3. The van der Waals surface area contributed by atoms with Gasteiger partial charge in [0.25, 0.3) is 0 Å². The third kappa shape index (κ3) is 3.01. The number of hydrogen-bond donors (Lipinski definition) is 0. The maximum atomic E-state index is 5.60. The summed E-state index contributed by atoms with van der Waals surface area (Å²) < 4.78 is 5.60. The van der Waals surface area contributed by atoms with Gasteiger partial charge in [-0.05, 0) is 51.2 Å². The largest absolute Gasteiger partial charge is 0.380 e. The summed E-state index contributed by atoms with van der Waals surface area (Å²) in [4.78, 5) is 4.95. The van der Waals surface area contributed by atoms with Gasteiger partial charge in [-0.15, -0.1) is 0 Å². The number of rotatable bonds is 2. The molecule has 17 heavy (non-hydrogen) atoms. The van der Waals surface area contributed by atoms with E-state index in [4.69, 9.17) is 4.74 Å². The summed E-state index contributed by atoms with van der Waals surface area (Å²) in [5, 5.41) is 0. The topological polar surface area (TPSA) is 15.7 Å². The van der Waals surface area contributed by atoms with Crippen LogP contribution in [-0.4, -0.2) is 63.3 Å². The first-order valence-corrected chi connectivity index (χ1v) is 6.93. The number of likely N-dealkylation sites (tertiary alicyclic amines) is 2. The summed E-state index contributed by atoms with van der Waals surface area (Å²) in [6.45, 7) is 7.34. The summed E-state index contributed by atoms with van der Waals surface area (Å²) in [5.41, 5.74) is 0.485. The van der Waals surface area contributed by atoms with Crippen LogP contribution >= 0.6 is 0 Å². The maximum absolute atomic E-state index is 5.60. The third-order valence-corrected chi connectivity index (χ3v) is 4.83. The molecule has 2 aliphatic rings. The Balaban J connectivity index is 2.04. The summed E-state index contributed by atoms with van der Waals surface area (Å²) in [6.07, 6.45) is 4.41. The Morgan fingerprint density at radius 2 is 1.94 bits per heavy atom. The highest BCUT2D eigenvalue weighted by molar-refractivity contribution is 4.93. The predicted octanol–water partition coefficient (Wildman–Crippen LogP) is 1.69. The van der Waals surface area contributed by atoms with Gasteiger partial charge in [0.1, 0.15) is 0 Å². The minimum absolute atomic E-state index is 0.433. The fourth-order valence-electron chi connectivity index (χ4n) is 3.80. The van der Waals surface area contributed by atoms with Crippen molar-refractivity contribution in [1.29, 1.82) is 0 Å². The second-order valence-electron chi connectivity index (χ2n) is 6.51. The molecule has 0 amide bonds. The molecule has 2 heterocycles. The zero-order chi connectivity index (χ0) is 12.5. The number of ether oxygens (including phenoxy) is 1. The molecule has 2 aliphatic heterocycles. The molecule has 0 aromatic carbocycles. The van der Waals surface area contributed by atoms with Crippen molar-refractivity contribution in [2.24, 2.45) is 11.3 Å². The van der Waals surface area contributed by atoms with E-state index in [1.54, 1.807) is 0 Å². The number of nitrogens with zero attached hydrogens (tertiary/aromatic N) is 2. The fourth-order valence-corrected chi connectivity index (χ4v) is 3.80.